The highest BCUT2D eigenvalue weighted by atomic mass is 32.1. The van der Waals surface area contributed by atoms with Gasteiger partial charge in [0.2, 0.25) is 0 Å². The highest BCUT2D eigenvalue weighted by Gasteiger charge is 2.01. The van der Waals surface area contributed by atoms with E-state index in [0.717, 1.165) is 12.2 Å². The van der Waals surface area contributed by atoms with Gasteiger partial charge in [0.05, 0.1) is 5.69 Å². The quantitative estimate of drug-likeness (QED) is 0.647. The third kappa shape index (κ3) is 1.53. The first kappa shape index (κ1) is 7.66. The monoisotopic (exact) mass is 156 g/mol. The van der Waals surface area contributed by atoms with Crippen LogP contribution in [0.25, 0.3) is 0 Å². The van der Waals surface area contributed by atoms with Crippen LogP contribution in [0.2, 0.25) is 0 Å². The lowest BCUT2D eigenvalue weighted by Crippen LogP contribution is -1.95. The number of hydrogen-bond donors (Lipinski definition) is 1. The first-order valence-corrected chi connectivity index (χ1v) is 3.97. The van der Waals surface area contributed by atoms with Crippen molar-refractivity contribution >= 4 is 12.6 Å². The average Bonchev–Trinajstić information content (AvgIpc) is 2.34. The fourth-order valence-corrected chi connectivity index (χ4v) is 0.914. The van der Waals surface area contributed by atoms with Crippen molar-refractivity contribution in [3.63, 3.8) is 0 Å². The summed E-state index contributed by atoms with van der Waals surface area (Å²) in [4.78, 5) is 0. The molecule has 0 aliphatic heterocycles. The molecule has 2 nitrogen and oxygen atoms in total. The van der Waals surface area contributed by atoms with Crippen LogP contribution in [-0.2, 0) is 6.54 Å². The minimum Gasteiger partial charge on any atom is -0.273 e. The SMILES string of the molecule is CCn1ccc(C(C)S)n1. The molecule has 0 aliphatic rings. The first-order valence-electron chi connectivity index (χ1n) is 3.45. The Balaban J connectivity index is 2.78. The Morgan fingerprint density at radius 3 is 2.80 bits per heavy atom. The normalized spacial score (nSPS) is 13.5. The summed E-state index contributed by atoms with van der Waals surface area (Å²) in [7, 11) is 0. The van der Waals surface area contributed by atoms with Crippen LogP contribution >= 0.6 is 12.6 Å². The molecule has 1 atom stereocenters. The number of nitrogens with zero attached hydrogens (tertiary/aromatic N) is 2. The van der Waals surface area contributed by atoms with Crippen LogP contribution in [0.1, 0.15) is 24.8 Å². The van der Waals surface area contributed by atoms with Gasteiger partial charge in [-0.1, -0.05) is 0 Å². The predicted molar refractivity (Wildman–Crippen MR) is 45.3 cm³/mol. The van der Waals surface area contributed by atoms with Crippen LogP contribution in [0.15, 0.2) is 12.3 Å². The molecule has 0 amide bonds. The molecular formula is C7H12N2S. The maximum atomic E-state index is 4.27. The Morgan fingerprint density at radius 2 is 2.50 bits per heavy atom. The Kier molecular flexibility index (Phi) is 2.38. The molecule has 0 aliphatic carbocycles. The molecule has 0 fully saturated rings. The molecule has 0 saturated heterocycles. The Morgan fingerprint density at radius 1 is 1.80 bits per heavy atom. The molecular weight excluding hydrogens is 144 g/mol. The highest BCUT2D eigenvalue weighted by molar-refractivity contribution is 7.80. The second kappa shape index (κ2) is 3.10. The zero-order valence-electron chi connectivity index (χ0n) is 6.28. The summed E-state index contributed by atoms with van der Waals surface area (Å²) in [6, 6.07) is 2.00. The van der Waals surface area contributed by atoms with E-state index in [-0.39, 0.29) is 5.25 Å². The lowest BCUT2D eigenvalue weighted by atomic mass is 10.3. The summed E-state index contributed by atoms with van der Waals surface area (Å²) in [6.45, 7) is 5.02. The van der Waals surface area contributed by atoms with Crippen molar-refractivity contribution in [2.45, 2.75) is 25.6 Å². The fraction of sp³-hybridized carbons (Fsp3) is 0.571. The van der Waals surface area contributed by atoms with Gasteiger partial charge in [-0.3, -0.25) is 4.68 Å². The van der Waals surface area contributed by atoms with E-state index >= 15 is 0 Å². The van der Waals surface area contributed by atoms with Gasteiger partial charge in [0.25, 0.3) is 0 Å². The smallest absolute Gasteiger partial charge is 0.0748 e. The van der Waals surface area contributed by atoms with Crippen molar-refractivity contribution in [1.82, 2.24) is 9.78 Å². The largest absolute Gasteiger partial charge is 0.273 e. The van der Waals surface area contributed by atoms with E-state index in [9.17, 15) is 0 Å². The van der Waals surface area contributed by atoms with Gasteiger partial charge in [-0.2, -0.15) is 17.7 Å². The number of aryl methyl sites for hydroxylation is 1. The number of aromatic nitrogens is 2. The second-order valence-corrected chi connectivity index (χ2v) is 3.05. The molecule has 0 bridgehead atoms. The molecule has 1 aromatic rings. The van der Waals surface area contributed by atoms with Gasteiger partial charge >= 0.3 is 0 Å². The minimum absolute atomic E-state index is 0.243. The molecule has 56 valence electrons. The lowest BCUT2D eigenvalue weighted by Gasteiger charge is -1.96. The Bertz CT molecular complexity index is 205. The average molecular weight is 156 g/mol. The van der Waals surface area contributed by atoms with Gasteiger partial charge < -0.3 is 0 Å². The third-order valence-electron chi connectivity index (χ3n) is 1.41. The van der Waals surface area contributed by atoms with Gasteiger partial charge in [0, 0.05) is 18.0 Å². The van der Waals surface area contributed by atoms with Gasteiger partial charge in [0.15, 0.2) is 0 Å². The number of rotatable bonds is 2. The summed E-state index contributed by atoms with van der Waals surface area (Å²) >= 11 is 4.26. The van der Waals surface area contributed by atoms with Crippen molar-refractivity contribution in [2.24, 2.45) is 0 Å². The second-order valence-electron chi connectivity index (χ2n) is 2.27. The molecule has 3 heteroatoms. The topological polar surface area (TPSA) is 17.8 Å². The standard InChI is InChI=1S/C7H12N2S/c1-3-9-5-4-7(8-9)6(2)10/h4-6,10H,3H2,1-2H3. The van der Waals surface area contributed by atoms with E-state index in [1.165, 1.54) is 0 Å². The highest BCUT2D eigenvalue weighted by Crippen LogP contribution is 2.15. The van der Waals surface area contributed by atoms with Crippen LogP contribution < -0.4 is 0 Å². The van der Waals surface area contributed by atoms with E-state index in [1.807, 2.05) is 23.9 Å². The maximum Gasteiger partial charge on any atom is 0.0748 e. The molecule has 1 rings (SSSR count). The van der Waals surface area contributed by atoms with Crippen LogP contribution in [0.5, 0.6) is 0 Å². The van der Waals surface area contributed by atoms with Gasteiger partial charge in [0.1, 0.15) is 0 Å². The number of hydrogen-bond acceptors (Lipinski definition) is 2. The van der Waals surface area contributed by atoms with Crippen molar-refractivity contribution in [3.05, 3.63) is 18.0 Å². The molecule has 0 N–H and O–H groups in total. The van der Waals surface area contributed by atoms with Crippen molar-refractivity contribution in [2.75, 3.05) is 0 Å². The molecule has 0 spiro atoms. The van der Waals surface area contributed by atoms with Gasteiger partial charge in [-0.25, -0.2) is 0 Å². The number of thiol groups is 1. The summed E-state index contributed by atoms with van der Waals surface area (Å²) in [5.41, 5.74) is 1.05. The molecule has 1 heterocycles. The predicted octanol–water partition coefficient (Wildman–Crippen LogP) is 1.89. The summed E-state index contributed by atoms with van der Waals surface area (Å²) in [5.74, 6) is 0. The van der Waals surface area contributed by atoms with Gasteiger partial charge in [-0.15, -0.1) is 0 Å². The molecule has 10 heavy (non-hydrogen) atoms. The van der Waals surface area contributed by atoms with Crippen molar-refractivity contribution < 1.29 is 0 Å². The third-order valence-corrected chi connectivity index (χ3v) is 1.68. The Hall–Kier alpha value is -0.440. The zero-order chi connectivity index (χ0) is 7.56. The molecule has 0 saturated carbocycles. The van der Waals surface area contributed by atoms with E-state index < -0.39 is 0 Å². The van der Waals surface area contributed by atoms with E-state index in [1.54, 1.807) is 0 Å². The van der Waals surface area contributed by atoms with Crippen molar-refractivity contribution in [3.8, 4) is 0 Å². The van der Waals surface area contributed by atoms with Crippen LogP contribution in [0, 0.1) is 0 Å². The molecule has 0 aromatic carbocycles. The first-order chi connectivity index (χ1) is 4.74. The van der Waals surface area contributed by atoms with Crippen LogP contribution in [-0.4, -0.2) is 9.78 Å². The molecule has 1 aromatic heterocycles. The summed E-state index contributed by atoms with van der Waals surface area (Å²) in [6.07, 6.45) is 1.97. The summed E-state index contributed by atoms with van der Waals surface area (Å²) < 4.78 is 1.90. The van der Waals surface area contributed by atoms with E-state index in [2.05, 4.69) is 24.7 Å². The molecule has 1 unspecified atom stereocenters. The Labute approximate surface area is 66.7 Å². The summed E-state index contributed by atoms with van der Waals surface area (Å²) in [5, 5.41) is 4.51. The van der Waals surface area contributed by atoms with Crippen LogP contribution in [0.4, 0.5) is 0 Å². The fourth-order valence-electron chi connectivity index (χ4n) is 0.776. The maximum absolute atomic E-state index is 4.27. The molecule has 0 radical (unpaired) electrons. The van der Waals surface area contributed by atoms with Gasteiger partial charge in [-0.05, 0) is 19.9 Å². The zero-order valence-corrected chi connectivity index (χ0v) is 7.18. The lowest BCUT2D eigenvalue weighted by molar-refractivity contribution is 0.647. The van der Waals surface area contributed by atoms with Crippen molar-refractivity contribution in [1.29, 1.82) is 0 Å². The van der Waals surface area contributed by atoms with E-state index in [4.69, 9.17) is 0 Å². The van der Waals surface area contributed by atoms with E-state index in [0.29, 0.717) is 0 Å². The minimum atomic E-state index is 0.243. The van der Waals surface area contributed by atoms with Crippen LogP contribution in [0.3, 0.4) is 0 Å².